The number of hydrogen-bond acceptors (Lipinski definition) is 6. The van der Waals surface area contributed by atoms with Crippen molar-refractivity contribution in [3.05, 3.63) is 30.6 Å². The number of anilines is 1. The average molecular weight is 396 g/mol. The van der Waals surface area contributed by atoms with E-state index in [0.29, 0.717) is 0 Å². The van der Waals surface area contributed by atoms with E-state index in [4.69, 9.17) is 4.74 Å². The summed E-state index contributed by atoms with van der Waals surface area (Å²) in [4.78, 5) is 11.2. The Morgan fingerprint density at radius 2 is 2.07 bits per heavy atom. The minimum atomic E-state index is -0.695. The number of nitrogens with zero attached hydrogens (tertiary/aromatic N) is 4. The number of aromatic nitrogens is 4. The van der Waals surface area contributed by atoms with Gasteiger partial charge in [0.2, 0.25) is 0 Å². The maximum atomic E-state index is 10.4. The van der Waals surface area contributed by atoms with E-state index in [0.717, 1.165) is 59.8 Å². The maximum absolute atomic E-state index is 10.4. The van der Waals surface area contributed by atoms with Crippen LogP contribution in [0.15, 0.2) is 30.6 Å². The molecule has 7 heteroatoms. The molecule has 2 aromatic heterocycles. The Morgan fingerprint density at radius 3 is 2.83 bits per heavy atom. The summed E-state index contributed by atoms with van der Waals surface area (Å²) in [5.41, 5.74) is 1.80. The minimum Gasteiger partial charge on any atom is -0.491 e. The summed E-state index contributed by atoms with van der Waals surface area (Å²) < 4.78 is 5.84. The lowest BCUT2D eigenvalue weighted by Gasteiger charge is -2.39. The van der Waals surface area contributed by atoms with Crippen LogP contribution in [0.4, 0.5) is 5.82 Å². The van der Waals surface area contributed by atoms with Crippen molar-refractivity contribution in [2.45, 2.75) is 52.2 Å². The number of fused-ring (bicyclic) bond motifs is 1. The largest absolute Gasteiger partial charge is 0.491 e. The van der Waals surface area contributed by atoms with Gasteiger partial charge in [-0.3, -0.25) is 5.10 Å². The first-order valence-corrected chi connectivity index (χ1v) is 10.3. The van der Waals surface area contributed by atoms with Crippen LogP contribution in [0.3, 0.4) is 0 Å². The van der Waals surface area contributed by atoms with Crippen molar-refractivity contribution in [3.63, 3.8) is 0 Å². The van der Waals surface area contributed by atoms with Gasteiger partial charge in [0.1, 0.15) is 23.6 Å². The van der Waals surface area contributed by atoms with Crippen LogP contribution in [-0.4, -0.2) is 50.1 Å². The van der Waals surface area contributed by atoms with Crippen LogP contribution in [-0.2, 0) is 0 Å². The third-order valence-electron chi connectivity index (χ3n) is 5.55. The van der Waals surface area contributed by atoms with Crippen LogP contribution in [0.1, 0.15) is 40.5 Å². The Morgan fingerprint density at radius 1 is 1.24 bits per heavy atom. The minimum absolute atomic E-state index is 0.108. The fraction of sp³-hybridized carbons (Fsp3) is 0.500. The zero-order valence-corrected chi connectivity index (χ0v) is 17.5. The van der Waals surface area contributed by atoms with Gasteiger partial charge in [0, 0.05) is 30.5 Å². The number of H-pyrrole nitrogens is 1. The van der Waals surface area contributed by atoms with E-state index >= 15 is 0 Å². The van der Waals surface area contributed by atoms with Gasteiger partial charge >= 0.3 is 0 Å². The van der Waals surface area contributed by atoms with Crippen molar-refractivity contribution in [1.29, 1.82) is 0 Å². The first kappa shape index (κ1) is 19.6. The van der Waals surface area contributed by atoms with E-state index in [1.807, 2.05) is 52.0 Å². The second-order valence-corrected chi connectivity index (χ2v) is 8.65. The molecule has 0 saturated carbocycles. The molecule has 0 aliphatic carbocycles. The normalized spacial score (nSPS) is 17.9. The molecule has 0 radical (unpaired) electrons. The van der Waals surface area contributed by atoms with E-state index in [9.17, 15) is 5.11 Å². The number of piperidine rings is 1. The first-order valence-electron chi connectivity index (χ1n) is 10.3. The van der Waals surface area contributed by atoms with Gasteiger partial charge in [-0.15, -0.1) is 0 Å². The summed E-state index contributed by atoms with van der Waals surface area (Å²) in [7, 11) is 0. The number of hydrogen-bond donors (Lipinski definition) is 2. The lowest BCUT2D eigenvalue weighted by molar-refractivity contribution is 0.0109. The van der Waals surface area contributed by atoms with Crippen molar-refractivity contribution in [2.75, 3.05) is 18.0 Å². The zero-order valence-electron chi connectivity index (χ0n) is 17.5. The fourth-order valence-electron chi connectivity index (χ4n) is 3.95. The van der Waals surface area contributed by atoms with Crippen molar-refractivity contribution in [1.82, 2.24) is 20.2 Å². The third-order valence-corrected chi connectivity index (χ3v) is 5.55. The SMILES string of the molecule is CC(C)Oc1ccc2[nH]nc(-c3cc(N4CCCC(C(C)(C)O)C4)ncn3)c2c1. The highest BCUT2D eigenvalue weighted by Gasteiger charge is 2.32. The Balaban J connectivity index is 1.65. The molecule has 1 fully saturated rings. The highest BCUT2D eigenvalue weighted by Crippen LogP contribution is 2.32. The first-order chi connectivity index (χ1) is 13.8. The number of ether oxygens (including phenoxy) is 1. The van der Waals surface area contributed by atoms with Gasteiger partial charge in [-0.2, -0.15) is 5.10 Å². The molecule has 1 aromatic carbocycles. The van der Waals surface area contributed by atoms with Crippen molar-refractivity contribution in [2.24, 2.45) is 5.92 Å². The van der Waals surface area contributed by atoms with Crippen molar-refractivity contribution in [3.8, 4) is 17.1 Å². The molecule has 0 amide bonds. The molecule has 7 nitrogen and oxygen atoms in total. The molecule has 154 valence electrons. The Labute approximate surface area is 171 Å². The van der Waals surface area contributed by atoms with Crippen LogP contribution < -0.4 is 9.64 Å². The van der Waals surface area contributed by atoms with Crippen LogP contribution >= 0.6 is 0 Å². The second kappa shape index (κ2) is 7.63. The Bertz CT molecular complexity index is 992. The number of aliphatic hydroxyl groups is 1. The highest BCUT2D eigenvalue weighted by atomic mass is 16.5. The molecule has 0 bridgehead atoms. The lowest BCUT2D eigenvalue weighted by Crippen LogP contribution is -2.45. The Kier molecular flexibility index (Phi) is 5.17. The number of rotatable bonds is 5. The van der Waals surface area contributed by atoms with Crippen molar-refractivity contribution < 1.29 is 9.84 Å². The van der Waals surface area contributed by atoms with E-state index in [-0.39, 0.29) is 12.0 Å². The molecule has 3 aromatic rings. The Hall–Kier alpha value is -2.67. The molecule has 1 aliphatic heterocycles. The lowest BCUT2D eigenvalue weighted by atomic mass is 9.84. The zero-order chi connectivity index (χ0) is 20.6. The maximum Gasteiger partial charge on any atom is 0.132 e. The van der Waals surface area contributed by atoms with E-state index in [1.54, 1.807) is 6.33 Å². The molecule has 1 atom stereocenters. The average Bonchev–Trinajstić information content (AvgIpc) is 3.10. The van der Waals surface area contributed by atoms with Gasteiger partial charge in [0.05, 0.1) is 22.9 Å². The van der Waals surface area contributed by atoms with Crippen LogP contribution in [0, 0.1) is 5.92 Å². The molecule has 4 rings (SSSR count). The van der Waals surface area contributed by atoms with Gasteiger partial charge in [-0.25, -0.2) is 9.97 Å². The topological polar surface area (TPSA) is 87.2 Å². The summed E-state index contributed by atoms with van der Waals surface area (Å²) in [5.74, 6) is 1.90. The van der Waals surface area contributed by atoms with Gasteiger partial charge in [-0.1, -0.05) is 0 Å². The predicted octanol–water partition coefficient (Wildman–Crippen LogP) is 3.79. The van der Waals surface area contributed by atoms with Crippen LogP contribution in [0.25, 0.3) is 22.3 Å². The molecule has 3 heterocycles. The number of benzene rings is 1. The summed E-state index contributed by atoms with van der Waals surface area (Å²) in [6.45, 7) is 9.51. The van der Waals surface area contributed by atoms with Gasteiger partial charge in [0.15, 0.2) is 0 Å². The molecule has 1 unspecified atom stereocenters. The fourth-order valence-corrected chi connectivity index (χ4v) is 3.95. The quantitative estimate of drug-likeness (QED) is 0.683. The van der Waals surface area contributed by atoms with Crippen LogP contribution in [0.5, 0.6) is 5.75 Å². The van der Waals surface area contributed by atoms with Gasteiger partial charge < -0.3 is 14.7 Å². The van der Waals surface area contributed by atoms with E-state index in [1.165, 1.54) is 0 Å². The smallest absolute Gasteiger partial charge is 0.132 e. The van der Waals surface area contributed by atoms with Crippen LogP contribution in [0.2, 0.25) is 0 Å². The monoisotopic (exact) mass is 395 g/mol. The predicted molar refractivity (Wildman–Crippen MR) is 114 cm³/mol. The third kappa shape index (κ3) is 4.19. The molecule has 29 heavy (non-hydrogen) atoms. The molecule has 2 N–H and O–H groups in total. The highest BCUT2D eigenvalue weighted by molar-refractivity contribution is 5.93. The summed E-state index contributed by atoms with van der Waals surface area (Å²) in [5, 5.41) is 19.0. The summed E-state index contributed by atoms with van der Waals surface area (Å²) in [6.07, 6.45) is 3.76. The number of nitrogens with one attached hydrogen (secondary N) is 1. The molecule has 1 aliphatic rings. The molecular weight excluding hydrogens is 366 g/mol. The molecule has 1 saturated heterocycles. The standard InChI is InChI=1S/C22H29N5O2/c1-14(2)29-16-7-8-18-17(10-16)21(26-25-18)19-11-20(24-13-23-19)27-9-5-6-15(12-27)22(3,4)28/h7-8,10-11,13-15,28H,5-6,9,12H2,1-4H3,(H,25,26). The summed E-state index contributed by atoms with van der Waals surface area (Å²) in [6, 6.07) is 7.91. The second-order valence-electron chi connectivity index (χ2n) is 8.65. The number of aromatic amines is 1. The van der Waals surface area contributed by atoms with Crippen molar-refractivity contribution >= 4 is 16.7 Å². The summed E-state index contributed by atoms with van der Waals surface area (Å²) >= 11 is 0. The van der Waals surface area contributed by atoms with E-state index in [2.05, 4.69) is 25.1 Å². The van der Waals surface area contributed by atoms with Gasteiger partial charge in [-0.05, 0) is 58.7 Å². The van der Waals surface area contributed by atoms with E-state index < -0.39 is 5.60 Å². The molecule has 0 spiro atoms. The molecular formula is C22H29N5O2. The van der Waals surface area contributed by atoms with Gasteiger partial charge in [0.25, 0.3) is 0 Å².